The zero-order chi connectivity index (χ0) is 10.6. The fourth-order valence-corrected chi connectivity index (χ4v) is 0.905. The molecule has 0 unspecified atom stereocenters. The Bertz CT molecular complexity index is 326. The fraction of sp³-hybridized carbons (Fsp3) is 0.444. The van der Waals surface area contributed by atoms with Gasteiger partial charge in [-0.15, -0.1) is 0 Å². The standard InChI is InChI=1S/C9H13N3O2/c1-6(2)11-9-10-5-4-7(12-9)8(13)14-3/h4-6H,1-3H3,(H,10,11,12). The van der Waals surface area contributed by atoms with Crippen molar-refractivity contribution in [3.8, 4) is 0 Å². The van der Waals surface area contributed by atoms with E-state index in [0.717, 1.165) is 0 Å². The molecule has 1 rings (SSSR count). The number of carbonyl (C=O) groups excluding carboxylic acids is 1. The summed E-state index contributed by atoms with van der Waals surface area (Å²) in [4.78, 5) is 19.1. The van der Waals surface area contributed by atoms with E-state index in [1.54, 1.807) is 0 Å². The van der Waals surface area contributed by atoms with Crippen molar-refractivity contribution in [3.05, 3.63) is 18.0 Å². The van der Waals surface area contributed by atoms with Crippen molar-refractivity contribution in [3.63, 3.8) is 0 Å². The summed E-state index contributed by atoms with van der Waals surface area (Å²) in [5, 5.41) is 2.99. The molecule has 0 fully saturated rings. The number of aromatic nitrogens is 2. The molecule has 0 spiro atoms. The van der Waals surface area contributed by atoms with Gasteiger partial charge in [-0.3, -0.25) is 0 Å². The van der Waals surface area contributed by atoms with Gasteiger partial charge in [0.15, 0.2) is 5.69 Å². The lowest BCUT2D eigenvalue weighted by Gasteiger charge is -2.07. The zero-order valence-electron chi connectivity index (χ0n) is 8.44. The SMILES string of the molecule is COC(=O)c1ccnc(NC(C)C)n1. The van der Waals surface area contributed by atoms with E-state index >= 15 is 0 Å². The minimum absolute atomic E-state index is 0.225. The van der Waals surface area contributed by atoms with Gasteiger partial charge in [0, 0.05) is 12.2 Å². The monoisotopic (exact) mass is 195 g/mol. The predicted octanol–water partition coefficient (Wildman–Crippen LogP) is 1.08. The van der Waals surface area contributed by atoms with Gasteiger partial charge < -0.3 is 10.1 Å². The lowest BCUT2D eigenvalue weighted by Crippen LogP contribution is -2.14. The Labute approximate surface area is 82.5 Å². The van der Waals surface area contributed by atoms with Crippen LogP contribution in [-0.2, 0) is 4.74 Å². The number of hydrogen-bond donors (Lipinski definition) is 1. The highest BCUT2D eigenvalue weighted by Gasteiger charge is 2.08. The lowest BCUT2D eigenvalue weighted by atomic mass is 10.4. The summed E-state index contributed by atoms with van der Waals surface area (Å²) in [7, 11) is 1.32. The van der Waals surface area contributed by atoms with Crippen LogP contribution >= 0.6 is 0 Å². The molecular weight excluding hydrogens is 182 g/mol. The minimum atomic E-state index is -0.459. The largest absolute Gasteiger partial charge is 0.464 e. The number of nitrogens with one attached hydrogen (secondary N) is 1. The fourth-order valence-electron chi connectivity index (χ4n) is 0.905. The van der Waals surface area contributed by atoms with E-state index in [1.807, 2.05) is 13.8 Å². The minimum Gasteiger partial charge on any atom is -0.464 e. The molecule has 1 aromatic rings. The smallest absolute Gasteiger partial charge is 0.356 e. The van der Waals surface area contributed by atoms with Crippen LogP contribution < -0.4 is 5.32 Å². The third kappa shape index (κ3) is 2.69. The first-order chi connectivity index (χ1) is 6.63. The maximum Gasteiger partial charge on any atom is 0.356 e. The molecule has 14 heavy (non-hydrogen) atoms. The Morgan fingerprint density at radius 2 is 2.29 bits per heavy atom. The van der Waals surface area contributed by atoms with Crippen LogP contribution in [0.5, 0.6) is 0 Å². The van der Waals surface area contributed by atoms with E-state index in [0.29, 0.717) is 5.95 Å². The second-order valence-corrected chi connectivity index (χ2v) is 3.06. The number of methoxy groups -OCH3 is 1. The number of anilines is 1. The van der Waals surface area contributed by atoms with Crippen LogP contribution in [0.25, 0.3) is 0 Å². The van der Waals surface area contributed by atoms with Gasteiger partial charge in [-0.05, 0) is 19.9 Å². The van der Waals surface area contributed by atoms with Crippen LogP contribution in [0.1, 0.15) is 24.3 Å². The lowest BCUT2D eigenvalue weighted by molar-refractivity contribution is 0.0594. The molecule has 0 saturated heterocycles. The average Bonchev–Trinajstić information content (AvgIpc) is 2.16. The maximum absolute atomic E-state index is 11.1. The van der Waals surface area contributed by atoms with E-state index in [1.165, 1.54) is 19.4 Å². The normalized spacial score (nSPS) is 10.0. The van der Waals surface area contributed by atoms with Crippen molar-refractivity contribution in [1.29, 1.82) is 0 Å². The molecule has 0 aliphatic rings. The van der Waals surface area contributed by atoms with Gasteiger partial charge in [0.05, 0.1) is 7.11 Å². The number of ether oxygens (including phenoxy) is 1. The van der Waals surface area contributed by atoms with E-state index in [9.17, 15) is 4.79 Å². The summed E-state index contributed by atoms with van der Waals surface area (Å²) >= 11 is 0. The van der Waals surface area contributed by atoms with Gasteiger partial charge in [-0.1, -0.05) is 0 Å². The highest BCUT2D eigenvalue weighted by molar-refractivity contribution is 5.87. The average molecular weight is 195 g/mol. The second kappa shape index (κ2) is 4.55. The van der Waals surface area contributed by atoms with Gasteiger partial charge in [0.1, 0.15) is 0 Å². The number of nitrogens with zero attached hydrogens (tertiary/aromatic N) is 2. The molecule has 76 valence electrons. The summed E-state index contributed by atoms with van der Waals surface area (Å²) in [5.74, 6) is -0.0258. The zero-order valence-corrected chi connectivity index (χ0v) is 8.44. The van der Waals surface area contributed by atoms with Crippen molar-refractivity contribution in [2.45, 2.75) is 19.9 Å². The molecule has 0 amide bonds. The molecule has 0 aliphatic carbocycles. The highest BCUT2D eigenvalue weighted by Crippen LogP contribution is 2.02. The predicted molar refractivity (Wildman–Crippen MR) is 52.1 cm³/mol. The first kappa shape index (κ1) is 10.4. The van der Waals surface area contributed by atoms with Crippen molar-refractivity contribution >= 4 is 11.9 Å². The Morgan fingerprint density at radius 1 is 1.57 bits per heavy atom. The first-order valence-electron chi connectivity index (χ1n) is 4.31. The number of rotatable bonds is 3. The van der Waals surface area contributed by atoms with E-state index < -0.39 is 5.97 Å². The maximum atomic E-state index is 11.1. The van der Waals surface area contributed by atoms with Crippen LogP contribution in [0.4, 0.5) is 5.95 Å². The molecule has 0 aromatic carbocycles. The Morgan fingerprint density at radius 3 is 2.86 bits per heavy atom. The summed E-state index contributed by atoms with van der Waals surface area (Å²) in [5.41, 5.74) is 0.255. The van der Waals surface area contributed by atoms with Gasteiger partial charge in [0.2, 0.25) is 5.95 Å². The molecule has 1 N–H and O–H groups in total. The molecule has 1 heterocycles. The van der Waals surface area contributed by atoms with Gasteiger partial charge in [0.25, 0.3) is 0 Å². The summed E-state index contributed by atoms with van der Waals surface area (Å²) in [6, 6.07) is 1.74. The van der Waals surface area contributed by atoms with Gasteiger partial charge in [-0.2, -0.15) is 0 Å². The topological polar surface area (TPSA) is 64.1 Å². The first-order valence-corrected chi connectivity index (χ1v) is 4.31. The molecule has 5 nitrogen and oxygen atoms in total. The molecule has 1 aromatic heterocycles. The van der Waals surface area contributed by atoms with Crippen LogP contribution in [0, 0.1) is 0 Å². The number of hydrogen-bond acceptors (Lipinski definition) is 5. The van der Waals surface area contributed by atoms with Crippen LogP contribution in [0.3, 0.4) is 0 Å². The molecule has 0 radical (unpaired) electrons. The van der Waals surface area contributed by atoms with Crippen molar-refractivity contribution in [2.75, 3.05) is 12.4 Å². The highest BCUT2D eigenvalue weighted by atomic mass is 16.5. The van der Waals surface area contributed by atoms with Gasteiger partial charge >= 0.3 is 5.97 Å². The Hall–Kier alpha value is -1.65. The third-order valence-electron chi connectivity index (χ3n) is 1.47. The molecule has 0 atom stereocenters. The van der Waals surface area contributed by atoms with Crippen LogP contribution in [-0.4, -0.2) is 29.1 Å². The molecular formula is C9H13N3O2. The van der Waals surface area contributed by atoms with Gasteiger partial charge in [-0.25, -0.2) is 14.8 Å². The molecule has 5 heteroatoms. The molecule has 0 aliphatic heterocycles. The van der Waals surface area contributed by atoms with Crippen molar-refractivity contribution in [2.24, 2.45) is 0 Å². The third-order valence-corrected chi connectivity index (χ3v) is 1.47. The Balaban J connectivity index is 2.84. The summed E-state index contributed by atoms with van der Waals surface area (Å²) in [6.07, 6.45) is 1.52. The van der Waals surface area contributed by atoms with Crippen molar-refractivity contribution < 1.29 is 9.53 Å². The quantitative estimate of drug-likeness (QED) is 0.731. The van der Waals surface area contributed by atoms with Crippen molar-refractivity contribution in [1.82, 2.24) is 9.97 Å². The number of carbonyl (C=O) groups is 1. The Kier molecular flexibility index (Phi) is 3.39. The van der Waals surface area contributed by atoms with E-state index in [2.05, 4.69) is 20.0 Å². The summed E-state index contributed by atoms with van der Waals surface area (Å²) in [6.45, 7) is 3.93. The molecule has 0 bridgehead atoms. The second-order valence-electron chi connectivity index (χ2n) is 3.06. The number of esters is 1. The van der Waals surface area contributed by atoms with E-state index in [-0.39, 0.29) is 11.7 Å². The van der Waals surface area contributed by atoms with E-state index in [4.69, 9.17) is 0 Å². The summed E-state index contributed by atoms with van der Waals surface area (Å²) < 4.78 is 4.54. The van der Waals surface area contributed by atoms with Crippen LogP contribution in [0.2, 0.25) is 0 Å². The molecule has 0 saturated carbocycles. The van der Waals surface area contributed by atoms with Crippen LogP contribution in [0.15, 0.2) is 12.3 Å².